The quantitative estimate of drug-likeness (QED) is 0.404. The summed E-state index contributed by atoms with van der Waals surface area (Å²) in [4.78, 5) is 16.7. The van der Waals surface area contributed by atoms with Crippen molar-refractivity contribution in [3.05, 3.63) is 59.7 Å². The molecule has 168 valence electrons. The van der Waals surface area contributed by atoms with Crippen LogP contribution in [0.15, 0.2) is 58.4 Å². The number of terminal acetylenes is 1. The summed E-state index contributed by atoms with van der Waals surface area (Å²) < 4.78 is 31.9. The van der Waals surface area contributed by atoms with E-state index in [9.17, 15) is 13.2 Å². The van der Waals surface area contributed by atoms with Gasteiger partial charge in [-0.05, 0) is 49.1 Å². The number of amides is 1. The molecule has 3 rings (SSSR count). The number of fused-ring (bicyclic) bond motifs is 1. The van der Waals surface area contributed by atoms with Gasteiger partial charge in [-0.2, -0.15) is 0 Å². The lowest BCUT2D eigenvalue weighted by Crippen LogP contribution is -2.25. The molecule has 0 unspecified atom stereocenters. The molecule has 7 nitrogen and oxygen atoms in total. The first-order valence-corrected chi connectivity index (χ1v) is 12.1. The molecule has 2 N–H and O–H groups in total. The predicted octanol–water partition coefficient (Wildman–Crippen LogP) is 2.66. The molecule has 8 heteroatoms. The number of carbonyl (C=O) groups is 1. The lowest BCUT2D eigenvalue weighted by atomic mass is 10.1. The number of hydrogen-bond donors (Lipinski definition) is 2. The molecule has 0 saturated heterocycles. The Morgan fingerprint density at radius 3 is 2.66 bits per heavy atom. The molecule has 0 aromatic heterocycles. The summed E-state index contributed by atoms with van der Waals surface area (Å²) >= 11 is 0. The van der Waals surface area contributed by atoms with E-state index in [1.165, 1.54) is 0 Å². The first-order valence-electron chi connectivity index (χ1n) is 10.6. The molecule has 1 aliphatic heterocycles. The van der Waals surface area contributed by atoms with Gasteiger partial charge in [-0.1, -0.05) is 36.6 Å². The van der Waals surface area contributed by atoms with Gasteiger partial charge < -0.3 is 10.1 Å². The summed E-state index contributed by atoms with van der Waals surface area (Å²) in [6, 6.07) is 14.5. The average molecular weight is 454 g/mol. The molecule has 2 aromatic rings. The van der Waals surface area contributed by atoms with Crippen LogP contribution >= 0.6 is 0 Å². The largest absolute Gasteiger partial charge is 0.481 e. The highest BCUT2D eigenvalue weighted by Gasteiger charge is 2.29. The van der Waals surface area contributed by atoms with E-state index in [4.69, 9.17) is 11.2 Å². The normalized spacial score (nSPS) is 14.9. The molecule has 1 amide bonds. The summed E-state index contributed by atoms with van der Waals surface area (Å²) in [5.74, 6) is 3.58. The molecule has 32 heavy (non-hydrogen) atoms. The topological polar surface area (TPSA) is 96.9 Å². The second kappa shape index (κ2) is 11.3. The van der Waals surface area contributed by atoms with Crippen LogP contribution in [0.3, 0.4) is 0 Å². The van der Waals surface area contributed by atoms with Gasteiger partial charge in [0.05, 0.1) is 4.90 Å². The van der Waals surface area contributed by atoms with E-state index in [2.05, 4.69) is 21.0 Å². The Kier molecular flexibility index (Phi) is 8.28. The standard InChI is InChI=1S/C24H27N3O4S/c1-2-18-31-20-13-11-19(12-14-20)15-17-25-23(28)10-4-3-7-16-26-24-21-8-5-6-9-22(21)32(29,30)27-24/h1,5-6,8-9,11-14H,3-4,7,10,15-18H2,(H,25,28)(H,26,27). The minimum Gasteiger partial charge on any atom is -0.481 e. The molecule has 0 fully saturated rings. The van der Waals surface area contributed by atoms with E-state index >= 15 is 0 Å². The summed E-state index contributed by atoms with van der Waals surface area (Å²) in [5.41, 5.74) is 1.73. The highest BCUT2D eigenvalue weighted by Crippen LogP contribution is 2.22. The summed E-state index contributed by atoms with van der Waals surface area (Å²) in [5, 5.41) is 2.93. The first kappa shape index (κ1) is 23.4. The van der Waals surface area contributed by atoms with E-state index in [0.717, 1.165) is 37.0 Å². The summed E-state index contributed by atoms with van der Waals surface area (Å²) in [6.45, 7) is 1.33. The van der Waals surface area contributed by atoms with Crippen molar-refractivity contribution in [1.82, 2.24) is 10.0 Å². The number of nitrogens with zero attached hydrogens (tertiary/aromatic N) is 1. The van der Waals surface area contributed by atoms with Gasteiger partial charge in [-0.3, -0.25) is 14.5 Å². The van der Waals surface area contributed by atoms with E-state index in [1.807, 2.05) is 24.3 Å². The Labute approximate surface area is 189 Å². The van der Waals surface area contributed by atoms with Crippen molar-refractivity contribution in [3.63, 3.8) is 0 Å². The number of sulfonamides is 1. The van der Waals surface area contributed by atoms with Crippen LogP contribution in [0.1, 0.15) is 36.8 Å². The SMILES string of the molecule is C#CCOc1ccc(CCNC(=O)CCCCCN=C2NS(=O)(=O)c3ccccc32)cc1. The van der Waals surface area contributed by atoms with Gasteiger partial charge in [-0.25, -0.2) is 8.42 Å². The first-order chi connectivity index (χ1) is 15.5. The van der Waals surface area contributed by atoms with Crippen molar-refractivity contribution in [2.45, 2.75) is 37.0 Å². The van der Waals surface area contributed by atoms with Crippen molar-refractivity contribution in [2.75, 3.05) is 19.7 Å². The van der Waals surface area contributed by atoms with E-state index in [1.54, 1.807) is 24.3 Å². The fourth-order valence-electron chi connectivity index (χ4n) is 3.33. The smallest absolute Gasteiger partial charge is 0.263 e. The third-order valence-electron chi connectivity index (χ3n) is 4.98. The number of nitrogens with one attached hydrogen (secondary N) is 2. The summed E-state index contributed by atoms with van der Waals surface area (Å²) in [6.07, 6.45) is 8.77. The lowest BCUT2D eigenvalue weighted by molar-refractivity contribution is -0.121. The number of carbonyl (C=O) groups excluding carboxylic acids is 1. The van der Waals surface area contributed by atoms with Crippen LogP contribution in [0.25, 0.3) is 0 Å². The van der Waals surface area contributed by atoms with Gasteiger partial charge in [0.15, 0.2) is 0 Å². The third kappa shape index (κ3) is 6.59. The van der Waals surface area contributed by atoms with Crippen LogP contribution in [0.4, 0.5) is 0 Å². The Balaban J connectivity index is 1.29. The summed E-state index contributed by atoms with van der Waals surface area (Å²) in [7, 11) is -3.50. The Morgan fingerprint density at radius 1 is 1.09 bits per heavy atom. The average Bonchev–Trinajstić information content (AvgIpc) is 3.06. The highest BCUT2D eigenvalue weighted by atomic mass is 32.2. The molecule has 1 heterocycles. The maximum atomic E-state index is 12.1. The van der Waals surface area contributed by atoms with Crippen LogP contribution in [0, 0.1) is 12.3 Å². The minimum absolute atomic E-state index is 0.0303. The number of benzene rings is 2. The van der Waals surface area contributed by atoms with Crippen LogP contribution < -0.4 is 14.8 Å². The fraction of sp³-hybridized carbons (Fsp3) is 0.333. The molecule has 0 aliphatic carbocycles. The van der Waals surface area contributed by atoms with Crippen LogP contribution in [0.2, 0.25) is 0 Å². The monoisotopic (exact) mass is 453 g/mol. The second-order valence-electron chi connectivity index (χ2n) is 7.38. The molecular weight excluding hydrogens is 426 g/mol. The highest BCUT2D eigenvalue weighted by molar-refractivity contribution is 7.90. The van der Waals surface area contributed by atoms with Gasteiger partial charge in [0.2, 0.25) is 5.91 Å². The number of hydrogen-bond acceptors (Lipinski definition) is 5. The molecule has 2 aromatic carbocycles. The molecule has 1 aliphatic rings. The van der Waals surface area contributed by atoms with Crippen molar-refractivity contribution in [1.29, 1.82) is 0 Å². The number of ether oxygens (including phenoxy) is 1. The second-order valence-corrected chi connectivity index (χ2v) is 9.03. The Bertz CT molecular complexity index is 1100. The third-order valence-corrected chi connectivity index (χ3v) is 6.37. The molecular formula is C24H27N3O4S. The van der Waals surface area contributed by atoms with Crippen LogP contribution in [-0.2, 0) is 21.2 Å². The lowest BCUT2D eigenvalue weighted by Gasteiger charge is -2.07. The fourth-order valence-corrected chi connectivity index (χ4v) is 4.58. The number of amidine groups is 1. The van der Waals surface area contributed by atoms with Gasteiger partial charge in [0.1, 0.15) is 18.2 Å². The molecule has 0 radical (unpaired) electrons. The maximum absolute atomic E-state index is 12.1. The van der Waals surface area contributed by atoms with Gasteiger partial charge in [-0.15, -0.1) is 6.42 Å². The van der Waals surface area contributed by atoms with Crippen LogP contribution in [0.5, 0.6) is 5.75 Å². The molecule has 0 spiro atoms. The zero-order chi connectivity index (χ0) is 22.8. The Morgan fingerprint density at radius 2 is 1.88 bits per heavy atom. The Hall–Kier alpha value is -3.31. The van der Waals surface area contributed by atoms with Crippen molar-refractivity contribution in [2.24, 2.45) is 4.99 Å². The molecule has 0 bridgehead atoms. The maximum Gasteiger partial charge on any atom is 0.263 e. The zero-order valence-corrected chi connectivity index (χ0v) is 18.7. The predicted molar refractivity (Wildman–Crippen MR) is 124 cm³/mol. The zero-order valence-electron chi connectivity index (χ0n) is 17.8. The van der Waals surface area contributed by atoms with Gasteiger partial charge >= 0.3 is 0 Å². The number of aliphatic imine (C=N–C) groups is 1. The van der Waals surface area contributed by atoms with Crippen molar-refractivity contribution < 1.29 is 17.9 Å². The van der Waals surface area contributed by atoms with E-state index < -0.39 is 10.0 Å². The van der Waals surface area contributed by atoms with Gasteiger partial charge in [0, 0.05) is 25.1 Å². The van der Waals surface area contributed by atoms with Gasteiger partial charge in [0.25, 0.3) is 10.0 Å². The van der Waals surface area contributed by atoms with E-state index in [0.29, 0.717) is 30.9 Å². The van der Waals surface area contributed by atoms with Crippen molar-refractivity contribution >= 4 is 21.8 Å². The number of unbranched alkanes of at least 4 members (excludes halogenated alkanes) is 2. The molecule has 0 atom stereocenters. The van der Waals surface area contributed by atoms with Crippen LogP contribution in [-0.4, -0.2) is 39.9 Å². The van der Waals surface area contributed by atoms with E-state index in [-0.39, 0.29) is 17.4 Å². The van der Waals surface area contributed by atoms with Crippen molar-refractivity contribution in [3.8, 4) is 18.1 Å². The molecule has 0 saturated carbocycles. The number of rotatable bonds is 11. The minimum atomic E-state index is -3.50.